The fourth-order valence-electron chi connectivity index (χ4n) is 3.84. The number of piperidine rings is 1. The summed E-state index contributed by atoms with van der Waals surface area (Å²) >= 11 is 0. The number of halogens is 1. The number of nitrogens with one attached hydrogen (secondary N) is 2. The highest BCUT2D eigenvalue weighted by atomic mass is 127. The first-order valence-electron chi connectivity index (χ1n) is 9.91. The van der Waals surface area contributed by atoms with Gasteiger partial charge in [0.15, 0.2) is 5.96 Å². The zero-order chi connectivity index (χ0) is 18.3. The van der Waals surface area contributed by atoms with Gasteiger partial charge in [0.25, 0.3) is 0 Å². The van der Waals surface area contributed by atoms with Crippen molar-refractivity contribution in [1.82, 2.24) is 14.9 Å². The zero-order valence-corrected chi connectivity index (χ0v) is 19.7. The van der Waals surface area contributed by atoms with E-state index in [9.17, 15) is 8.42 Å². The molecule has 6 nitrogen and oxygen atoms in total. The predicted octanol–water partition coefficient (Wildman–Crippen LogP) is 2.94. The van der Waals surface area contributed by atoms with Crippen LogP contribution in [0.1, 0.15) is 65.7 Å². The first-order chi connectivity index (χ1) is 11.9. The first-order valence-corrected chi connectivity index (χ1v) is 11.5. The zero-order valence-electron chi connectivity index (χ0n) is 16.6. The number of aliphatic imine (C=N–C) groups is 1. The molecule has 1 aliphatic carbocycles. The molecule has 2 aliphatic rings. The number of rotatable bonds is 7. The Balaban J connectivity index is 0.00000338. The van der Waals surface area contributed by atoms with Crippen molar-refractivity contribution in [2.75, 3.05) is 31.9 Å². The Labute approximate surface area is 177 Å². The summed E-state index contributed by atoms with van der Waals surface area (Å²) in [5, 5.41) is 6.86. The Morgan fingerprint density at radius 3 is 2.35 bits per heavy atom. The molecule has 1 heterocycles. The van der Waals surface area contributed by atoms with Gasteiger partial charge in [-0.2, -0.15) is 0 Å². The van der Waals surface area contributed by atoms with Gasteiger partial charge in [0.05, 0.1) is 5.75 Å². The Morgan fingerprint density at radius 1 is 1.19 bits per heavy atom. The summed E-state index contributed by atoms with van der Waals surface area (Å²) in [6.45, 7) is 9.25. The van der Waals surface area contributed by atoms with Crippen LogP contribution in [-0.2, 0) is 10.0 Å². The average molecular weight is 500 g/mol. The maximum atomic E-state index is 12.2. The summed E-state index contributed by atoms with van der Waals surface area (Å²) in [7, 11) is -3.07. The lowest BCUT2D eigenvalue weighted by molar-refractivity contribution is 0.305. The van der Waals surface area contributed by atoms with E-state index < -0.39 is 10.0 Å². The van der Waals surface area contributed by atoms with Gasteiger partial charge >= 0.3 is 0 Å². The maximum Gasteiger partial charge on any atom is 0.214 e. The van der Waals surface area contributed by atoms with Crippen molar-refractivity contribution in [2.45, 2.75) is 71.8 Å². The maximum absolute atomic E-state index is 12.2. The van der Waals surface area contributed by atoms with Crippen LogP contribution in [0.4, 0.5) is 0 Å². The molecule has 1 saturated heterocycles. The normalized spacial score (nSPS) is 22.0. The summed E-state index contributed by atoms with van der Waals surface area (Å²) < 4.78 is 26.0. The number of sulfonamides is 1. The van der Waals surface area contributed by atoms with Gasteiger partial charge in [0.1, 0.15) is 0 Å². The minimum Gasteiger partial charge on any atom is -0.357 e. The molecule has 2 fully saturated rings. The SMILES string of the molecule is CCCS(=O)(=O)N1CCC(NC(=NCC2(C)CCCC2)NCC)CC1.I. The molecule has 0 atom stereocenters. The minimum absolute atomic E-state index is 0. The van der Waals surface area contributed by atoms with E-state index in [2.05, 4.69) is 24.5 Å². The Morgan fingerprint density at radius 2 is 1.81 bits per heavy atom. The fourth-order valence-corrected chi connectivity index (χ4v) is 5.38. The van der Waals surface area contributed by atoms with Crippen LogP contribution in [-0.4, -0.2) is 56.7 Å². The van der Waals surface area contributed by atoms with E-state index in [1.54, 1.807) is 4.31 Å². The van der Waals surface area contributed by atoms with Crippen LogP contribution in [0.25, 0.3) is 0 Å². The standard InChI is InChI=1S/C18H36N4O2S.HI/c1-4-14-25(23,24)22-12-8-16(9-13-22)21-17(19-5-2)20-15-18(3)10-6-7-11-18;/h16H,4-15H2,1-3H3,(H2,19,20,21);1H. The van der Waals surface area contributed by atoms with Crippen molar-refractivity contribution in [3.63, 3.8) is 0 Å². The third-order valence-corrected chi connectivity index (χ3v) is 7.50. The Hall–Kier alpha value is -0.0900. The molecular weight excluding hydrogens is 463 g/mol. The number of hydrogen-bond acceptors (Lipinski definition) is 3. The summed E-state index contributed by atoms with van der Waals surface area (Å²) in [4.78, 5) is 4.82. The van der Waals surface area contributed by atoms with E-state index in [0.717, 1.165) is 31.9 Å². The lowest BCUT2D eigenvalue weighted by atomic mass is 9.89. The third kappa shape index (κ3) is 7.14. The van der Waals surface area contributed by atoms with Crippen LogP contribution in [0, 0.1) is 5.41 Å². The first kappa shape index (κ1) is 23.9. The lowest BCUT2D eigenvalue weighted by Gasteiger charge is -2.32. The molecule has 8 heteroatoms. The fraction of sp³-hybridized carbons (Fsp3) is 0.944. The molecule has 154 valence electrons. The summed E-state index contributed by atoms with van der Waals surface area (Å²) in [5.41, 5.74) is 0.347. The molecule has 0 bridgehead atoms. The Kier molecular flexibility index (Phi) is 10.2. The molecule has 2 N–H and O–H groups in total. The second kappa shape index (κ2) is 11.0. The van der Waals surface area contributed by atoms with Crippen molar-refractivity contribution >= 4 is 40.0 Å². The molecule has 1 saturated carbocycles. The van der Waals surface area contributed by atoms with Crippen molar-refractivity contribution in [3.8, 4) is 0 Å². The van der Waals surface area contributed by atoms with E-state index >= 15 is 0 Å². The number of guanidine groups is 1. The van der Waals surface area contributed by atoms with E-state index in [-0.39, 0.29) is 29.7 Å². The van der Waals surface area contributed by atoms with Crippen LogP contribution in [0.2, 0.25) is 0 Å². The number of hydrogen-bond donors (Lipinski definition) is 2. The van der Waals surface area contributed by atoms with E-state index in [0.29, 0.717) is 31.0 Å². The molecule has 26 heavy (non-hydrogen) atoms. The summed E-state index contributed by atoms with van der Waals surface area (Å²) in [6.07, 6.45) is 7.53. The number of nitrogens with zero attached hydrogens (tertiary/aromatic N) is 2. The molecule has 1 aliphatic heterocycles. The predicted molar refractivity (Wildman–Crippen MR) is 120 cm³/mol. The third-order valence-electron chi connectivity index (χ3n) is 5.42. The van der Waals surface area contributed by atoms with E-state index in [1.165, 1.54) is 25.7 Å². The lowest BCUT2D eigenvalue weighted by Crippen LogP contribution is -2.50. The second-order valence-corrected chi connectivity index (χ2v) is 9.94. The van der Waals surface area contributed by atoms with Crippen molar-refractivity contribution in [3.05, 3.63) is 0 Å². The molecule has 0 unspecified atom stereocenters. The van der Waals surface area contributed by atoms with Crippen LogP contribution < -0.4 is 10.6 Å². The van der Waals surface area contributed by atoms with Gasteiger partial charge in [-0.3, -0.25) is 4.99 Å². The molecule has 0 aromatic heterocycles. The molecule has 2 rings (SSSR count). The van der Waals surface area contributed by atoms with Crippen molar-refractivity contribution in [2.24, 2.45) is 10.4 Å². The van der Waals surface area contributed by atoms with Gasteiger partial charge in [-0.15, -0.1) is 24.0 Å². The average Bonchev–Trinajstić information content (AvgIpc) is 3.00. The van der Waals surface area contributed by atoms with E-state index in [4.69, 9.17) is 4.99 Å². The van der Waals surface area contributed by atoms with Crippen LogP contribution in [0.5, 0.6) is 0 Å². The minimum atomic E-state index is -3.07. The van der Waals surface area contributed by atoms with Gasteiger partial charge in [0.2, 0.25) is 10.0 Å². The van der Waals surface area contributed by atoms with Gasteiger partial charge in [-0.25, -0.2) is 12.7 Å². The van der Waals surface area contributed by atoms with Crippen molar-refractivity contribution in [1.29, 1.82) is 0 Å². The largest absolute Gasteiger partial charge is 0.357 e. The van der Waals surface area contributed by atoms with Crippen LogP contribution in [0.3, 0.4) is 0 Å². The molecule has 0 amide bonds. The smallest absolute Gasteiger partial charge is 0.214 e. The topological polar surface area (TPSA) is 73.8 Å². The van der Waals surface area contributed by atoms with Gasteiger partial charge in [-0.05, 0) is 44.4 Å². The molecule has 0 spiro atoms. The highest BCUT2D eigenvalue weighted by Gasteiger charge is 2.29. The molecule has 0 radical (unpaired) electrons. The molecule has 0 aromatic rings. The van der Waals surface area contributed by atoms with Crippen molar-refractivity contribution < 1.29 is 8.42 Å². The van der Waals surface area contributed by atoms with Gasteiger partial charge in [-0.1, -0.05) is 26.7 Å². The van der Waals surface area contributed by atoms with Crippen LogP contribution >= 0.6 is 24.0 Å². The van der Waals surface area contributed by atoms with E-state index in [1.807, 2.05) is 6.92 Å². The Bertz CT molecular complexity index is 539. The highest BCUT2D eigenvalue weighted by molar-refractivity contribution is 14.0. The highest BCUT2D eigenvalue weighted by Crippen LogP contribution is 2.37. The summed E-state index contributed by atoms with van der Waals surface area (Å²) in [6, 6.07) is 0.294. The van der Waals surface area contributed by atoms with Gasteiger partial charge in [0, 0.05) is 32.2 Å². The molecular formula is C18H37IN4O2S. The molecule has 0 aromatic carbocycles. The monoisotopic (exact) mass is 500 g/mol. The quantitative estimate of drug-likeness (QED) is 0.320. The van der Waals surface area contributed by atoms with Gasteiger partial charge < -0.3 is 10.6 Å². The summed E-state index contributed by atoms with van der Waals surface area (Å²) in [5.74, 6) is 1.14. The van der Waals surface area contributed by atoms with Crippen LogP contribution in [0.15, 0.2) is 4.99 Å². The second-order valence-electron chi connectivity index (χ2n) is 7.85.